The van der Waals surface area contributed by atoms with Gasteiger partial charge in [0.1, 0.15) is 11.3 Å². The highest BCUT2D eigenvalue weighted by atomic mass is 16.7. The Hall–Kier alpha value is -2.38. The maximum Gasteiger partial charge on any atom is 0.343 e. The van der Waals surface area contributed by atoms with E-state index in [1.54, 1.807) is 18.2 Å². The summed E-state index contributed by atoms with van der Waals surface area (Å²) >= 11 is 0. The number of carbonyl (C=O) groups excluding carboxylic acids is 1. The van der Waals surface area contributed by atoms with E-state index < -0.39 is 17.8 Å². The maximum absolute atomic E-state index is 12.6. The molecule has 2 heterocycles. The number of nitrogens with zero attached hydrogens (tertiary/aromatic N) is 1. The predicted octanol–water partition coefficient (Wildman–Crippen LogP) is 1.51. The van der Waals surface area contributed by atoms with Gasteiger partial charge in [0.05, 0.1) is 25.6 Å². The normalized spacial score (nSPS) is 10.9. The molecule has 118 valence electrons. The number of rotatable bonds is 6. The van der Waals surface area contributed by atoms with Crippen LogP contribution in [0.5, 0.6) is 0 Å². The number of ether oxygens (including phenoxy) is 3. The van der Waals surface area contributed by atoms with Gasteiger partial charge in [-0.3, -0.25) is 9.36 Å². The lowest BCUT2D eigenvalue weighted by molar-refractivity contribution is -0.111. The Morgan fingerprint density at radius 2 is 1.95 bits per heavy atom. The van der Waals surface area contributed by atoms with Gasteiger partial charge in [-0.15, -0.1) is 0 Å². The van der Waals surface area contributed by atoms with E-state index in [9.17, 15) is 9.59 Å². The molecule has 7 heteroatoms. The van der Waals surface area contributed by atoms with Crippen molar-refractivity contribution in [2.45, 2.75) is 12.8 Å². The average molecular weight is 307 g/mol. The van der Waals surface area contributed by atoms with Crippen LogP contribution in [-0.2, 0) is 20.8 Å². The second-order valence-corrected chi connectivity index (χ2v) is 4.42. The Morgan fingerprint density at radius 1 is 1.23 bits per heavy atom. The largest absolute Gasteiger partial charge is 0.465 e. The first kappa shape index (κ1) is 16.0. The van der Waals surface area contributed by atoms with E-state index in [2.05, 4.69) is 4.74 Å². The second-order valence-electron chi connectivity index (χ2n) is 4.42. The number of furan rings is 1. The monoisotopic (exact) mass is 307 g/mol. The van der Waals surface area contributed by atoms with Crippen LogP contribution in [0.15, 0.2) is 39.7 Å². The standard InChI is InChI=1S/C15H17NO6/c1-19-13(20-2)9-16-11(12-5-4-8-22-12)7-6-10(14(16)17)15(18)21-3/h4-8,13H,9H2,1-3H3. The van der Waals surface area contributed by atoms with E-state index in [0.29, 0.717) is 11.5 Å². The molecule has 0 aliphatic rings. The summed E-state index contributed by atoms with van der Waals surface area (Å²) < 4.78 is 21.6. The molecule has 0 radical (unpaired) electrons. The molecule has 0 spiro atoms. The number of aromatic nitrogens is 1. The van der Waals surface area contributed by atoms with Crippen molar-refractivity contribution in [3.05, 3.63) is 46.4 Å². The van der Waals surface area contributed by atoms with Crippen molar-refractivity contribution >= 4 is 5.97 Å². The Balaban J connectivity index is 2.57. The molecular weight excluding hydrogens is 290 g/mol. The van der Waals surface area contributed by atoms with Crippen LogP contribution in [0.3, 0.4) is 0 Å². The van der Waals surface area contributed by atoms with Gasteiger partial charge in [-0.2, -0.15) is 0 Å². The van der Waals surface area contributed by atoms with Crippen LogP contribution in [0.25, 0.3) is 11.5 Å². The molecule has 7 nitrogen and oxygen atoms in total. The fraction of sp³-hybridized carbons (Fsp3) is 0.333. The van der Waals surface area contributed by atoms with Crippen LogP contribution in [-0.4, -0.2) is 38.2 Å². The second kappa shape index (κ2) is 7.06. The third-order valence-electron chi connectivity index (χ3n) is 3.21. The molecule has 0 amide bonds. The summed E-state index contributed by atoms with van der Waals surface area (Å²) in [6.45, 7) is 0.104. The number of methoxy groups -OCH3 is 3. The van der Waals surface area contributed by atoms with Crippen LogP contribution in [0.2, 0.25) is 0 Å². The van der Waals surface area contributed by atoms with Crippen molar-refractivity contribution in [2.24, 2.45) is 0 Å². The van der Waals surface area contributed by atoms with Crippen molar-refractivity contribution in [2.75, 3.05) is 21.3 Å². The first-order valence-corrected chi connectivity index (χ1v) is 6.54. The van der Waals surface area contributed by atoms with E-state index in [4.69, 9.17) is 13.9 Å². The molecule has 0 atom stereocenters. The summed E-state index contributed by atoms with van der Waals surface area (Å²) in [5.41, 5.74) is -0.0506. The predicted molar refractivity (Wildman–Crippen MR) is 77.5 cm³/mol. The summed E-state index contributed by atoms with van der Waals surface area (Å²) in [5, 5.41) is 0. The van der Waals surface area contributed by atoms with Crippen molar-refractivity contribution in [3.63, 3.8) is 0 Å². The van der Waals surface area contributed by atoms with Crippen molar-refractivity contribution in [3.8, 4) is 11.5 Å². The molecule has 2 aromatic rings. The summed E-state index contributed by atoms with van der Waals surface area (Å²) in [6, 6.07) is 6.46. The first-order chi connectivity index (χ1) is 10.6. The van der Waals surface area contributed by atoms with Crippen molar-refractivity contribution < 1.29 is 23.4 Å². The summed E-state index contributed by atoms with van der Waals surface area (Å²) in [5.74, 6) is -0.199. The molecule has 22 heavy (non-hydrogen) atoms. The molecular formula is C15H17NO6. The van der Waals surface area contributed by atoms with Crippen LogP contribution >= 0.6 is 0 Å². The third-order valence-corrected chi connectivity index (χ3v) is 3.21. The highest BCUT2D eigenvalue weighted by Crippen LogP contribution is 2.19. The summed E-state index contributed by atoms with van der Waals surface area (Å²) in [4.78, 5) is 24.2. The topological polar surface area (TPSA) is 79.9 Å². The minimum atomic E-state index is -0.698. The molecule has 0 saturated carbocycles. The van der Waals surface area contributed by atoms with Gasteiger partial charge >= 0.3 is 5.97 Å². The smallest absolute Gasteiger partial charge is 0.343 e. The number of hydrogen-bond donors (Lipinski definition) is 0. The Labute approximate surface area is 127 Å². The highest BCUT2D eigenvalue weighted by Gasteiger charge is 2.19. The van der Waals surface area contributed by atoms with Gasteiger partial charge in [0.15, 0.2) is 6.29 Å². The van der Waals surface area contributed by atoms with Crippen LogP contribution in [0, 0.1) is 0 Å². The molecule has 0 N–H and O–H groups in total. The number of pyridine rings is 1. The van der Waals surface area contributed by atoms with Gasteiger partial charge in [-0.05, 0) is 24.3 Å². The number of hydrogen-bond acceptors (Lipinski definition) is 6. The quantitative estimate of drug-likeness (QED) is 0.594. The van der Waals surface area contributed by atoms with E-state index >= 15 is 0 Å². The molecule has 0 aliphatic heterocycles. The zero-order chi connectivity index (χ0) is 16.1. The zero-order valence-electron chi connectivity index (χ0n) is 12.6. The van der Waals surface area contributed by atoms with E-state index in [-0.39, 0.29) is 12.1 Å². The lowest BCUT2D eigenvalue weighted by Gasteiger charge is -2.18. The van der Waals surface area contributed by atoms with Gasteiger partial charge in [0.2, 0.25) is 0 Å². The van der Waals surface area contributed by atoms with Gasteiger partial charge in [0.25, 0.3) is 5.56 Å². The lowest BCUT2D eigenvalue weighted by Crippen LogP contribution is -2.33. The Morgan fingerprint density at radius 3 is 2.50 bits per heavy atom. The van der Waals surface area contributed by atoms with Gasteiger partial charge in [-0.25, -0.2) is 4.79 Å². The molecule has 2 aromatic heterocycles. The molecule has 2 rings (SSSR count). The summed E-state index contributed by atoms with van der Waals surface area (Å²) in [7, 11) is 4.16. The molecule has 0 aliphatic carbocycles. The zero-order valence-corrected chi connectivity index (χ0v) is 12.6. The van der Waals surface area contributed by atoms with Gasteiger partial charge in [-0.1, -0.05) is 0 Å². The fourth-order valence-electron chi connectivity index (χ4n) is 2.06. The van der Waals surface area contributed by atoms with Crippen LogP contribution < -0.4 is 5.56 Å². The summed E-state index contributed by atoms with van der Waals surface area (Å²) in [6.07, 6.45) is 0.863. The Bertz CT molecular complexity index is 685. The van der Waals surface area contributed by atoms with Gasteiger partial charge < -0.3 is 18.6 Å². The molecule has 0 bridgehead atoms. The lowest BCUT2D eigenvalue weighted by atomic mass is 10.2. The molecule has 0 fully saturated rings. The number of carbonyl (C=O) groups is 1. The average Bonchev–Trinajstić information content (AvgIpc) is 3.07. The fourth-order valence-corrected chi connectivity index (χ4v) is 2.06. The van der Waals surface area contributed by atoms with Crippen LogP contribution in [0.1, 0.15) is 10.4 Å². The third kappa shape index (κ3) is 3.10. The molecule has 0 aromatic carbocycles. The Kier molecular flexibility index (Phi) is 5.13. The minimum Gasteiger partial charge on any atom is -0.465 e. The van der Waals surface area contributed by atoms with E-state index in [1.807, 2.05) is 0 Å². The first-order valence-electron chi connectivity index (χ1n) is 6.54. The van der Waals surface area contributed by atoms with E-state index in [0.717, 1.165) is 0 Å². The van der Waals surface area contributed by atoms with Crippen molar-refractivity contribution in [1.29, 1.82) is 0 Å². The van der Waals surface area contributed by atoms with Gasteiger partial charge in [0, 0.05) is 14.2 Å². The SMILES string of the molecule is COC(=O)c1ccc(-c2ccco2)n(CC(OC)OC)c1=O. The minimum absolute atomic E-state index is 0.0660. The highest BCUT2D eigenvalue weighted by molar-refractivity contribution is 5.89. The molecule has 0 unspecified atom stereocenters. The molecule has 0 saturated heterocycles. The van der Waals surface area contributed by atoms with Crippen LogP contribution in [0.4, 0.5) is 0 Å². The van der Waals surface area contributed by atoms with Crippen molar-refractivity contribution in [1.82, 2.24) is 4.57 Å². The number of esters is 1. The van der Waals surface area contributed by atoms with E-state index in [1.165, 1.54) is 38.2 Å². The maximum atomic E-state index is 12.6.